The van der Waals surface area contributed by atoms with Gasteiger partial charge in [-0.15, -0.1) is 0 Å². The van der Waals surface area contributed by atoms with Gasteiger partial charge in [0.1, 0.15) is 5.75 Å². The fourth-order valence-electron chi connectivity index (χ4n) is 1.09. The zero-order valence-corrected chi connectivity index (χ0v) is 9.38. The van der Waals surface area contributed by atoms with Crippen LogP contribution in [0.25, 0.3) is 0 Å². The van der Waals surface area contributed by atoms with Gasteiger partial charge in [0.05, 0.1) is 22.8 Å². The number of nitrogens with one attached hydrogen (secondary N) is 1. The van der Waals surface area contributed by atoms with Crippen molar-refractivity contribution >= 4 is 27.6 Å². The Bertz CT molecular complexity index is 365. The quantitative estimate of drug-likeness (QED) is 0.874. The van der Waals surface area contributed by atoms with E-state index in [0.717, 1.165) is 0 Å². The van der Waals surface area contributed by atoms with Crippen molar-refractivity contribution in [3.8, 4) is 5.75 Å². The summed E-state index contributed by atoms with van der Waals surface area (Å²) < 4.78 is 5.66. The first-order valence-electron chi connectivity index (χ1n) is 3.88. The molecular weight excluding hydrogens is 250 g/mol. The van der Waals surface area contributed by atoms with Gasteiger partial charge in [-0.2, -0.15) is 0 Å². The van der Waals surface area contributed by atoms with E-state index in [1.165, 1.54) is 13.2 Å². The van der Waals surface area contributed by atoms with Gasteiger partial charge in [-0.1, -0.05) is 0 Å². The van der Waals surface area contributed by atoms with E-state index >= 15 is 0 Å². The second-order valence-electron chi connectivity index (χ2n) is 2.59. The fraction of sp³-hybridized carbons (Fsp3) is 0.222. The molecule has 5 heteroatoms. The standard InChI is InChI=1S/C9H10BrNO3/c1-11-7-4-8(14-2)6(10)3-5(7)9(12)13/h3-4,11H,1-2H3,(H,12,13). The van der Waals surface area contributed by atoms with Crippen molar-refractivity contribution in [1.29, 1.82) is 0 Å². The first-order valence-corrected chi connectivity index (χ1v) is 4.68. The van der Waals surface area contributed by atoms with E-state index < -0.39 is 5.97 Å². The molecule has 0 aliphatic heterocycles. The lowest BCUT2D eigenvalue weighted by molar-refractivity contribution is 0.0698. The van der Waals surface area contributed by atoms with Crippen LogP contribution in [0.5, 0.6) is 5.75 Å². The van der Waals surface area contributed by atoms with E-state index in [4.69, 9.17) is 9.84 Å². The molecule has 1 aromatic carbocycles. The first kappa shape index (κ1) is 10.8. The first-order chi connectivity index (χ1) is 6.60. The maximum absolute atomic E-state index is 10.8. The minimum atomic E-state index is -0.974. The topological polar surface area (TPSA) is 58.6 Å². The molecule has 0 unspecified atom stereocenters. The molecule has 0 fully saturated rings. The minimum absolute atomic E-state index is 0.208. The van der Waals surface area contributed by atoms with Crippen LogP contribution in [-0.2, 0) is 0 Å². The summed E-state index contributed by atoms with van der Waals surface area (Å²) in [5.41, 5.74) is 0.734. The number of hydrogen-bond acceptors (Lipinski definition) is 3. The highest BCUT2D eigenvalue weighted by molar-refractivity contribution is 9.10. The second kappa shape index (κ2) is 4.32. The van der Waals surface area contributed by atoms with Crippen LogP contribution in [0.3, 0.4) is 0 Å². The Morgan fingerprint density at radius 3 is 2.64 bits per heavy atom. The van der Waals surface area contributed by atoms with Gasteiger partial charge < -0.3 is 15.2 Å². The number of anilines is 1. The molecule has 2 N–H and O–H groups in total. The molecule has 14 heavy (non-hydrogen) atoms. The Morgan fingerprint density at radius 1 is 1.57 bits per heavy atom. The number of carboxylic acid groups (broad SMARTS) is 1. The van der Waals surface area contributed by atoms with Crippen molar-refractivity contribution in [2.24, 2.45) is 0 Å². The van der Waals surface area contributed by atoms with Crippen LogP contribution in [0.15, 0.2) is 16.6 Å². The summed E-state index contributed by atoms with van der Waals surface area (Å²) in [5, 5.41) is 11.7. The largest absolute Gasteiger partial charge is 0.495 e. The Balaban J connectivity index is 3.31. The number of ether oxygens (including phenoxy) is 1. The molecule has 0 aromatic heterocycles. The van der Waals surface area contributed by atoms with Gasteiger partial charge in [0.2, 0.25) is 0 Å². The lowest BCUT2D eigenvalue weighted by Crippen LogP contribution is -2.03. The molecule has 0 aliphatic carbocycles. The van der Waals surface area contributed by atoms with E-state index in [9.17, 15) is 4.79 Å². The third-order valence-corrected chi connectivity index (χ3v) is 2.41. The number of rotatable bonds is 3. The highest BCUT2D eigenvalue weighted by Gasteiger charge is 2.13. The van der Waals surface area contributed by atoms with Gasteiger partial charge in [-0.3, -0.25) is 0 Å². The van der Waals surface area contributed by atoms with Crippen molar-refractivity contribution < 1.29 is 14.6 Å². The second-order valence-corrected chi connectivity index (χ2v) is 3.44. The molecule has 0 atom stereocenters. The van der Waals surface area contributed by atoms with E-state index in [1.807, 2.05) is 0 Å². The molecule has 0 heterocycles. The van der Waals surface area contributed by atoms with Crippen LogP contribution < -0.4 is 10.1 Å². The zero-order chi connectivity index (χ0) is 10.7. The van der Waals surface area contributed by atoms with Gasteiger partial charge in [-0.25, -0.2) is 4.79 Å². The summed E-state index contributed by atoms with van der Waals surface area (Å²) in [7, 11) is 3.19. The van der Waals surface area contributed by atoms with Gasteiger partial charge in [0.15, 0.2) is 0 Å². The predicted octanol–water partition coefficient (Wildman–Crippen LogP) is 2.20. The lowest BCUT2D eigenvalue weighted by Gasteiger charge is -2.09. The third kappa shape index (κ3) is 1.98. The SMILES string of the molecule is CNc1cc(OC)c(Br)cc1C(=O)O. The molecule has 0 radical (unpaired) electrons. The number of aromatic carboxylic acids is 1. The number of hydrogen-bond donors (Lipinski definition) is 2. The molecule has 0 spiro atoms. The highest BCUT2D eigenvalue weighted by Crippen LogP contribution is 2.31. The van der Waals surface area contributed by atoms with Crippen LogP contribution in [0.4, 0.5) is 5.69 Å². The van der Waals surface area contributed by atoms with Crippen molar-refractivity contribution in [2.75, 3.05) is 19.5 Å². The van der Waals surface area contributed by atoms with Crippen LogP contribution >= 0.6 is 15.9 Å². The summed E-state index contributed by atoms with van der Waals surface area (Å²) in [5.74, 6) is -0.378. The zero-order valence-electron chi connectivity index (χ0n) is 7.80. The van der Waals surface area contributed by atoms with E-state index in [2.05, 4.69) is 21.2 Å². The molecule has 1 aromatic rings. The summed E-state index contributed by atoms with van der Waals surface area (Å²) >= 11 is 3.22. The lowest BCUT2D eigenvalue weighted by atomic mass is 10.1. The molecule has 0 aliphatic rings. The summed E-state index contributed by atoms with van der Waals surface area (Å²) in [4.78, 5) is 10.8. The molecule has 0 saturated heterocycles. The number of halogens is 1. The Hall–Kier alpha value is -1.23. The maximum Gasteiger partial charge on any atom is 0.337 e. The van der Waals surface area contributed by atoms with Gasteiger partial charge in [0.25, 0.3) is 0 Å². The smallest absolute Gasteiger partial charge is 0.337 e. The minimum Gasteiger partial charge on any atom is -0.495 e. The van der Waals surface area contributed by atoms with Gasteiger partial charge in [-0.05, 0) is 22.0 Å². The Labute approximate surface area is 90.0 Å². The molecule has 0 amide bonds. The maximum atomic E-state index is 10.8. The van der Waals surface area contributed by atoms with Gasteiger partial charge in [0, 0.05) is 13.1 Å². The normalized spacial score (nSPS) is 9.64. The van der Waals surface area contributed by atoms with Gasteiger partial charge >= 0.3 is 5.97 Å². The Morgan fingerprint density at radius 2 is 2.21 bits per heavy atom. The Kier molecular flexibility index (Phi) is 3.35. The molecule has 0 bridgehead atoms. The average molecular weight is 260 g/mol. The van der Waals surface area contributed by atoms with Crippen LogP contribution in [0.1, 0.15) is 10.4 Å². The third-order valence-electron chi connectivity index (χ3n) is 1.79. The van der Waals surface area contributed by atoms with Crippen molar-refractivity contribution in [3.63, 3.8) is 0 Å². The van der Waals surface area contributed by atoms with Crippen molar-refractivity contribution in [3.05, 3.63) is 22.2 Å². The van der Waals surface area contributed by atoms with Crippen LogP contribution in [0, 0.1) is 0 Å². The summed E-state index contributed by atoms with van der Waals surface area (Å²) in [6, 6.07) is 3.14. The molecule has 1 rings (SSSR count). The molecule has 76 valence electrons. The monoisotopic (exact) mass is 259 g/mol. The molecule has 0 saturated carbocycles. The summed E-state index contributed by atoms with van der Waals surface area (Å²) in [6.07, 6.45) is 0. The fourth-order valence-corrected chi connectivity index (χ4v) is 1.60. The van der Waals surface area contributed by atoms with E-state index in [-0.39, 0.29) is 5.56 Å². The van der Waals surface area contributed by atoms with Crippen molar-refractivity contribution in [1.82, 2.24) is 0 Å². The number of methoxy groups -OCH3 is 1. The molecule has 4 nitrogen and oxygen atoms in total. The van der Waals surface area contributed by atoms with Crippen molar-refractivity contribution in [2.45, 2.75) is 0 Å². The summed E-state index contributed by atoms with van der Waals surface area (Å²) in [6.45, 7) is 0. The van der Waals surface area contributed by atoms with E-state index in [0.29, 0.717) is 15.9 Å². The number of carbonyl (C=O) groups is 1. The van der Waals surface area contributed by atoms with Crippen LogP contribution in [0.2, 0.25) is 0 Å². The predicted molar refractivity (Wildman–Crippen MR) is 57.2 cm³/mol. The van der Waals surface area contributed by atoms with E-state index in [1.54, 1.807) is 13.1 Å². The van der Waals surface area contributed by atoms with Crippen LogP contribution in [-0.4, -0.2) is 25.2 Å². The highest BCUT2D eigenvalue weighted by atomic mass is 79.9. The molecular formula is C9H10BrNO3. The number of benzene rings is 1. The average Bonchev–Trinajstić information content (AvgIpc) is 2.17. The number of carboxylic acids is 1.